The molecule has 2 rings (SSSR count). The predicted molar refractivity (Wildman–Crippen MR) is 63.8 cm³/mol. The van der Waals surface area contributed by atoms with Crippen molar-refractivity contribution in [3.8, 4) is 0 Å². The summed E-state index contributed by atoms with van der Waals surface area (Å²) in [7, 11) is 0. The van der Waals surface area contributed by atoms with Crippen molar-refractivity contribution >= 4 is 0 Å². The van der Waals surface area contributed by atoms with Crippen molar-refractivity contribution in [3.63, 3.8) is 0 Å². The lowest BCUT2D eigenvalue weighted by molar-refractivity contribution is 0.546. The first-order chi connectivity index (χ1) is 8.26. The van der Waals surface area contributed by atoms with E-state index < -0.39 is 0 Å². The highest BCUT2D eigenvalue weighted by Crippen LogP contribution is 1.98. The smallest absolute Gasteiger partial charge is 0.300 e. The number of aryl methyl sites for hydroxylation is 2. The summed E-state index contributed by atoms with van der Waals surface area (Å²) >= 11 is 0. The Labute approximate surface area is 99.5 Å². The minimum atomic E-state index is -0.00134. The van der Waals surface area contributed by atoms with Crippen molar-refractivity contribution in [2.75, 3.05) is 0 Å². The molecule has 0 saturated carbocycles. The molecule has 6 nitrogen and oxygen atoms in total. The molecule has 0 bridgehead atoms. The lowest BCUT2D eigenvalue weighted by Crippen LogP contribution is -2.25. The lowest BCUT2D eigenvalue weighted by Gasteiger charge is -2.04. The molecule has 0 N–H and O–H groups in total. The quantitative estimate of drug-likeness (QED) is 0.767. The van der Waals surface area contributed by atoms with Gasteiger partial charge in [0.1, 0.15) is 12.2 Å². The van der Waals surface area contributed by atoms with Crippen LogP contribution in [0.1, 0.15) is 26.1 Å². The Bertz CT molecular complexity index is 536. The molecule has 6 heteroatoms. The van der Waals surface area contributed by atoms with Crippen LogP contribution in [0.4, 0.5) is 0 Å². The van der Waals surface area contributed by atoms with Gasteiger partial charge in [-0.3, -0.25) is 9.13 Å². The third kappa shape index (κ3) is 2.30. The maximum absolute atomic E-state index is 11.9. The van der Waals surface area contributed by atoms with Gasteiger partial charge in [-0.15, -0.1) is 0 Å². The Morgan fingerprint density at radius 3 is 2.65 bits per heavy atom. The molecule has 0 saturated heterocycles. The first kappa shape index (κ1) is 11.6. The van der Waals surface area contributed by atoms with E-state index in [0.29, 0.717) is 13.1 Å². The van der Waals surface area contributed by atoms with E-state index in [1.54, 1.807) is 21.5 Å². The Balaban J connectivity index is 2.22. The minimum Gasteiger partial charge on any atom is -0.300 e. The predicted octanol–water partition coefficient (Wildman–Crippen LogP) is 0.720. The van der Waals surface area contributed by atoms with Gasteiger partial charge in [-0.1, -0.05) is 6.92 Å². The number of imidazole rings is 1. The van der Waals surface area contributed by atoms with Gasteiger partial charge in [0, 0.05) is 25.5 Å². The molecule has 0 unspecified atom stereocenters. The molecule has 2 aromatic rings. The Morgan fingerprint density at radius 1 is 1.24 bits per heavy atom. The van der Waals surface area contributed by atoms with Gasteiger partial charge >= 0.3 is 5.69 Å². The highest BCUT2D eigenvalue weighted by atomic mass is 16.1. The van der Waals surface area contributed by atoms with Crippen molar-refractivity contribution in [2.24, 2.45) is 0 Å². The molecule has 17 heavy (non-hydrogen) atoms. The average molecular weight is 235 g/mol. The number of hydrogen-bond donors (Lipinski definition) is 0. The average Bonchev–Trinajstić information content (AvgIpc) is 2.89. The molecule has 0 spiro atoms. The van der Waals surface area contributed by atoms with Gasteiger partial charge in [0.05, 0.1) is 6.54 Å². The monoisotopic (exact) mass is 235 g/mol. The molecule has 0 aromatic carbocycles. The largest absolute Gasteiger partial charge is 0.328 e. The molecule has 0 atom stereocenters. The minimum absolute atomic E-state index is 0.00134. The standard InChI is InChI=1S/C11H17N5O/c1-3-5-16-10(12-9-13-16)8-15-7-6-14(4-2)11(15)17/h6-7,9H,3-5,8H2,1-2H3. The third-order valence-corrected chi connectivity index (χ3v) is 2.70. The van der Waals surface area contributed by atoms with E-state index in [9.17, 15) is 4.79 Å². The number of hydrogen-bond acceptors (Lipinski definition) is 3. The summed E-state index contributed by atoms with van der Waals surface area (Å²) in [5, 5.41) is 4.14. The molecule has 0 radical (unpaired) electrons. The highest BCUT2D eigenvalue weighted by molar-refractivity contribution is 4.90. The van der Waals surface area contributed by atoms with Crippen molar-refractivity contribution in [1.29, 1.82) is 0 Å². The van der Waals surface area contributed by atoms with Crippen molar-refractivity contribution in [1.82, 2.24) is 23.9 Å². The zero-order valence-electron chi connectivity index (χ0n) is 10.2. The van der Waals surface area contributed by atoms with E-state index in [2.05, 4.69) is 17.0 Å². The highest BCUT2D eigenvalue weighted by Gasteiger charge is 2.07. The molecule has 0 aliphatic heterocycles. The molecule has 0 amide bonds. The Kier molecular flexibility index (Phi) is 3.41. The Morgan fingerprint density at radius 2 is 2.00 bits per heavy atom. The van der Waals surface area contributed by atoms with Crippen LogP contribution < -0.4 is 5.69 Å². The van der Waals surface area contributed by atoms with Crippen molar-refractivity contribution in [2.45, 2.75) is 39.9 Å². The van der Waals surface area contributed by atoms with Gasteiger partial charge in [-0.25, -0.2) is 14.5 Å². The second-order valence-electron chi connectivity index (χ2n) is 3.89. The second kappa shape index (κ2) is 4.99. The number of aromatic nitrogens is 5. The van der Waals surface area contributed by atoms with Gasteiger partial charge in [0.15, 0.2) is 0 Å². The zero-order valence-corrected chi connectivity index (χ0v) is 10.2. The van der Waals surface area contributed by atoms with Crippen LogP contribution in [0.5, 0.6) is 0 Å². The molecule has 0 fully saturated rings. The SMILES string of the molecule is CCCn1ncnc1Cn1ccn(CC)c1=O. The summed E-state index contributed by atoms with van der Waals surface area (Å²) in [6.07, 6.45) is 6.12. The van der Waals surface area contributed by atoms with Crippen LogP contribution in [0, 0.1) is 0 Å². The van der Waals surface area contributed by atoms with Crippen LogP contribution in [0.25, 0.3) is 0 Å². The summed E-state index contributed by atoms with van der Waals surface area (Å²) < 4.78 is 5.16. The van der Waals surface area contributed by atoms with Crippen molar-refractivity contribution in [3.05, 3.63) is 35.0 Å². The fourth-order valence-corrected chi connectivity index (χ4v) is 1.78. The van der Waals surface area contributed by atoms with Crippen LogP contribution in [-0.4, -0.2) is 23.9 Å². The Hall–Kier alpha value is -1.85. The van der Waals surface area contributed by atoms with E-state index >= 15 is 0 Å². The molecule has 92 valence electrons. The lowest BCUT2D eigenvalue weighted by atomic mass is 10.4. The summed E-state index contributed by atoms with van der Waals surface area (Å²) in [6, 6.07) is 0. The molecule has 0 aliphatic carbocycles. The number of nitrogens with zero attached hydrogens (tertiary/aromatic N) is 5. The maximum Gasteiger partial charge on any atom is 0.328 e. The maximum atomic E-state index is 11.9. The first-order valence-corrected chi connectivity index (χ1v) is 5.88. The second-order valence-corrected chi connectivity index (χ2v) is 3.89. The topological polar surface area (TPSA) is 57.6 Å². The molecule has 2 aromatic heterocycles. The fourth-order valence-electron chi connectivity index (χ4n) is 1.78. The van der Waals surface area contributed by atoms with E-state index in [1.807, 2.05) is 11.6 Å². The van der Waals surface area contributed by atoms with Gasteiger partial charge in [-0.05, 0) is 13.3 Å². The van der Waals surface area contributed by atoms with Gasteiger partial charge in [0.2, 0.25) is 0 Å². The van der Waals surface area contributed by atoms with E-state index in [4.69, 9.17) is 0 Å². The summed E-state index contributed by atoms with van der Waals surface area (Å²) in [5.74, 6) is 0.822. The first-order valence-electron chi connectivity index (χ1n) is 5.88. The summed E-state index contributed by atoms with van der Waals surface area (Å²) in [5.41, 5.74) is -0.00134. The van der Waals surface area contributed by atoms with Crippen molar-refractivity contribution < 1.29 is 0 Å². The molecule has 2 heterocycles. The molecule has 0 aliphatic rings. The van der Waals surface area contributed by atoms with E-state index in [1.165, 1.54) is 6.33 Å². The fraction of sp³-hybridized carbons (Fsp3) is 0.545. The van der Waals surface area contributed by atoms with Crippen LogP contribution >= 0.6 is 0 Å². The van der Waals surface area contributed by atoms with E-state index in [-0.39, 0.29) is 5.69 Å². The van der Waals surface area contributed by atoms with Crippen LogP contribution in [0.15, 0.2) is 23.5 Å². The molecular weight excluding hydrogens is 218 g/mol. The summed E-state index contributed by atoms with van der Waals surface area (Å²) in [6.45, 7) is 6.04. The van der Waals surface area contributed by atoms with Gasteiger partial charge in [0.25, 0.3) is 0 Å². The zero-order chi connectivity index (χ0) is 12.3. The van der Waals surface area contributed by atoms with E-state index in [0.717, 1.165) is 18.8 Å². The summed E-state index contributed by atoms with van der Waals surface area (Å²) in [4.78, 5) is 16.1. The normalized spacial score (nSPS) is 10.9. The van der Waals surface area contributed by atoms with Crippen LogP contribution in [0.3, 0.4) is 0 Å². The van der Waals surface area contributed by atoms with Gasteiger partial charge in [-0.2, -0.15) is 5.10 Å². The van der Waals surface area contributed by atoms with Crippen LogP contribution in [0.2, 0.25) is 0 Å². The third-order valence-electron chi connectivity index (χ3n) is 2.70. The van der Waals surface area contributed by atoms with Gasteiger partial charge < -0.3 is 0 Å². The number of rotatable bonds is 5. The molecular formula is C11H17N5O. The van der Waals surface area contributed by atoms with Crippen LogP contribution in [-0.2, 0) is 19.6 Å².